The molecule has 1 aliphatic rings. The van der Waals surface area contributed by atoms with Crippen LogP contribution < -0.4 is 5.32 Å². The zero-order chi connectivity index (χ0) is 13.7. The van der Waals surface area contributed by atoms with E-state index in [-0.39, 0.29) is 5.60 Å². The van der Waals surface area contributed by atoms with Crippen molar-refractivity contribution in [3.8, 4) is 0 Å². The Morgan fingerprint density at radius 1 is 1.42 bits per heavy atom. The highest BCUT2D eigenvalue weighted by Crippen LogP contribution is 2.31. The standard InChI is InChI=1S/C16H27NO2/c1-4-16(5-2)12-14(8-10-19-16)17-13(3)11-15-7-6-9-18-15/h6-7,9,13-14,17H,4-5,8,10-12H2,1-3H3. The van der Waals surface area contributed by atoms with Crippen molar-refractivity contribution in [2.24, 2.45) is 0 Å². The maximum absolute atomic E-state index is 6.02. The first-order valence-electron chi connectivity index (χ1n) is 7.60. The zero-order valence-electron chi connectivity index (χ0n) is 12.4. The van der Waals surface area contributed by atoms with Gasteiger partial charge in [-0.1, -0.05) is 13.8 Å². The average Bonchev–Trinajstić information content (AvgIpc) is 2.91. The van der Waals surface area contributed by atoms with E-state index >= 15 is 0 Å². The SMILES string of the molecule is CCC1(CC)CC(NC(C)Cc2ccco2)CCO1. The second-order valence-corrected chi connectivity index (χ2v) is 5.78. The van der Waals surface area contributed by atoms with Gasteiger partial charge in [0.1, 0.15) is 5.76 Å². The van der Waals surface area contributed by atoms with Crippen LogP contribution in [0, 0.1) is 0 Å². The average molecular weight is 265 g/mol. The second-order valence-electron chi connectivity index (χ2n) is 5.78. The second kappa shape index (κ2) is 6.58. The van der Waals surface area contributed by atoms with Gasteiger partial charge in [-0.3, -0.25) is 0 Å². The van der Waals surface area contributed by atoms with E-state index in [1.165, 1.54) is 0 Å². The van der Waals surface area contributed by atoms with Crippen LogP contribution in [0.4, 0.5) is 0 Å². The number of hydrogen-bond acceptors (Lipinski definition) is 3. The van der Waals surface area contributed by atoms with Crippen LogP contribution in [-0.4, -0.2) is 24.3 Å². The Labute approximate surface area is 116 Å². The van der Waals surface area contributed by atoms with Crippen LogP contribution in [0.1, 0.15) is 52.2 Å². The van der Waals surface area contributed by atoms with Crippen molar-refractivity contribution in [2.45, 2.75) is 70.6 Å². The molecule has 0 spiro atoms. The molecule has 1 fully saturated rings. The van der Waals surface area contributed by atoms with Crippen LogP contribution in [0.3, 0.4) is 0 Å². The summed E-state index contributed by atoms with van der Waals surface area (Å²) in [7, 11) is 0. The molecule has 2 unspecified atom stereocenters. The lowest BCUT2D eigenvalue weighted by atomic mass is 9.85. The van der Waals surface area contributed by atoms with E-state index in [2.05, 4.69) is 26.1 Å². The fourth-order valence-electron chi connectivity index (χ4n) is 3.10. The molecule has 108 valence electrons. The summed E-state index contributed by atoms with van der Waals surface area (Å²) in [6.07, 6.45) is 7.15. The Balaban J connectivity index is 1.84. The predicted octanol–water partition coefficient (Wildman–Crippen LogP) is 3.54. The normalized spacial score (nSPS) is 24.3. The zero-order valence-corrected chi connectivity index (χ0v) is 12.4. The molecule has 0 radical (unpaired) electrons. The molecule has 0 aliphatic carbocycles. The Bertz CT molecular complexity index is 357. The van der Waals surface area contributed by atoms with Crippen LogP contribution in [0.2, 0.25) is 0 Å². The summed E-state index contributed by atoms with van der Waals surface area (Å²) in [6.45, 7) is 7.58. The summed E-state index contributed by atoms with van der Waals surface area (Å²) >= 11 is 0. The maximum atomic E-state index is 6.02. The van der Waals surface area contributed by atoms with E-state index in [0.29, 0.717) is 12.1 Å². The molecule has 0 aromatic carbocycles. The van der Waals surface area contributed by atoms with Gasteiger partial charge in [-0.2, -0.15) is 0 Å². The molecule has 0 amide bonds. The molecule has 0 bridgehead atoms. The van der Waals surface area contributed by atoms with Gasteiger partial charge >= 0.3 is 0 Å². The van der Waals surface area contributed by atoms with E-state index in [9.17, 15) is 0 Å². The monoisotopic (exact) mass is 265 g/mol. The quantitative estimate of drug-likeness (QED) is 0.854. The van der Waals surface area contributed by atoms with E-state index in [0.717, 1.165) is 44.5 Å². The summed E-state index contributed by atoms with van der Waals surface area (Å²) in [5, 5.41) is 3.74. The molecule has 3 nitrogen and oxygen atoms in total. The van der Waals surface area contributed by atoms with Crippen molar-refractivity contribution in [3.05, 3.63) is 24.2 Å². The van der Waals surface area contributed by atoms with Gasteiger partial charge in [-0.05, 0) is 44.7 Å². The fourth-order valence-corrected chi connectivity index (χ4v) is 3.10. The Morgan fingerprint density at radius 2 is 2.21 bits per heavy atom. The lowest BCUT2D eigenvalue weighted by Crippen LogP contribution is -2.49. The topological polar surface area (TPSA) is 34.4 Å². The number of furan rings is 1. The van der Waals surface area contributed by atoms with E-state index < -0.39 is 0 Å². The summed E-state index contributed by atoms with van der Waals surface area (Å²) in [4.78, 5) is 0. The van der Waals surface area contributed by atoms with Crippen LogP contribution in [-0.2, 0) is 11.2 Å². The summed E-state index contributed by atoms with van der Waals surface area (Å²) in [6, 6.07) is 5.01. The molecule has 3 heteroatoms. The van der Waals surface area contributed by atoms with Crippen molar-refractivity contribution in [1.29, 1.82) is 0 Å². The molecule has 2 atom stereocenters. The Kier molecular flexibility index (Phi) is 5.06. The summed E-state index contributed by atoms with van der Waals surface area (Å²) < 4.78 is 11.4. The van der Waals surface area contributed by atoms with Crippen molar-refractivity contribution < 1.29 is 9.15 Å². The predicted molar refractivity (Wildman–Crippen MR) is 77.3 cm³/mol. The number of ether oxygens (including phenoxy) is 1. The van der Waals surface area contributed by atoms with Crippen molar-refractivity contribution in [1.82, 2.24) is 5.32 Å². The van der Waals surface area contributed by atoms with Crippen LogP contribution >= 0.6 is 0 Å². The minimum Gasteiger partial charge on any atom is -0.469 e. The third kappa shape index (κ3) is 3.83. The molecule has 1 aromatic heterocycles. The van der Waals surface area contributed by atoms with Crippen molar-refractivity contribution in [2.75, 3.05) is 6.61 Å². The van der Waals surface area contributed by atoms with Gasteiger partial charge in [0.25, 0.3) is 0 Å². The van der Waals surface area contributed by atoms with Gasteiger partial charge < -0.3 is 14.5 Å². The van der Waals surface area contributed by atoms with Gasteiger partial charge in [0.05, 0.1) is 11.9 Å². The molecule has 2 rings (SSSR count). The van der Waals surface area contributed by atoms with Crippen molar-refractivity contribution in [3.63, 3.8) is 0 Å². The minimum atomic E-state index is 0.0975. The molecule has 1 N–H and O–H groups in total. The molecular weight excluding hydrogens is 238 g/mol. The third-order valence-electron chi connectivity index (χ3n) is 4.39. The van der Waals surface area contributed by atoms with E-state index in [1.54, 1.807) is 6.26 Å². The summed E-state index contributed by atoms with van der Waals surface area (Å²) in [5.41, 5.74) is 0.0975. The molecule has 0 saturated carbocycles. The Hall–Kier alpha value is -0.800. The fraction of sp³-hybridized carbons (Fsp3) is 0.750. The van der Waals surface area contributed by atoms with Gasteiger partial charge in [0.2, 0.25) is 0 Å². The molecule has 1 aromatic rings. The lowest BCUT2D eigenvalue weighted by Gasteiger charge is -2.41. The Morgan fingerprint density at radius 3 is 2.84 bits per heavy atom. The third-order valence-corrected chi connectivity index (χ3v) is 4.39. The first kappa shape index (κ1) is 14.6. The lowest BCUT2D eigenvalue weighted by molar-refractivity contribution is -0.0939. The molecule has 1 aliphatic heterocycles. The highest BCUT2D eigenvalue weighted by atomic mass is 16.5. The number of nitrogens with one attached hydrogen (secondary N) is 1. The van der Waals surface area contributed by atoms with Gasteiger partial charge in [-0.25, -0.2) is 0 Å². The highest BCUT2D eigenvalue weighted by Gasteiger charge is 2.34. The molecule has 2 heterocycles. The molecule has 19 heavy (non-hydrogen) atoms. The van der Waals surface area contributed by atoms with Crippen LogP contribution in [0.25, 0.3) is 0 Å². The highest BCUT2D eigenvalue weighted by molar-refractivity contribution is 5.00. The van der Waals surface area contributed by atoms with Crippen LogP contribution in [0.5, 0.6) is 0 Å². The largest absolute Gasteiger partial charge is 0.469 e. The smallest absolute Gasteiger partial charge is 0.105 e. The van der Waals surface area contributed by atoms with E-state index in [1.807, 2.05) is 12.1 Å². The van der Waals surface area contributed by atoms with Crippen LogP contribution in [0.15, 0.2) is 22.8 Å². The first-order valence-corrected chi connectivity index (χ1v) is 7.60. The summed E-state index contributed by atoms with van der Waals surface area (Å²) in [5.74, 6) is 1.06. The van der Waals surface area contributed by atoms with Gasteiger partial charge in [-0.15, -0.1) is 0 Å². The maximum Gasteiger partial charge on any atom is 0.105 e. The van der Waals surface area contributed by atoms with Gasteiger partial charge in [0.15, 0.2) is 0 Å². The molecule has 1 saturated heterocycles. The first-order chi connectivity index (χ1) is 9.17. The number of rotatable bonds is 6. The van der Waals surface area contributed by atoms with E-state index in [4.69, 9.17) is 9.15 Å². The van der Waals surface area contributed by atoms with Crippen molar-refractivity contribution >= 4 is 0 Å². The molecular formula is C16H27NO2. The van der Waals surface area contributed by atoms with Gasteiger partial charge in [0, 0.05) is 25.1 Å². The number of hydrogen-bond donors (Lipinski definition) is 1. The minimum absolute atomic E-state index is 0.0975.